The molecule has 4 fully saturated rings. The van der Waals surface area contributed by atoms with Gasteiger partial charge in [0.1, 0.15) is 0 Å². The quantitative estimate of drug-likeness (QED) is 0.760. The van der Waals surface area contributed by atoms with Crippen LogP contribution in [-0.4, -0.2) is 32.3 Å². The maximum Gasteiger partial charge on any atom is 0.315 e. The van der Waals surface area contributed by atoms with E-state index in [2.05, 4.69) is 17.6 Å². The summed E-state index contributed by atoms with van der Waals surface area (Å²) in [7, 11) is 1.65. The monoisotopic (exact) mass is 280 g/mol. The van der Waals surface area contributed by atoms with Gasteiger partial charge >= 0.3 is 6.03 Å². The van der Waals surface area contributed by atoms with Crippen molar-refractivity contribution in [2.45, 2.75) is 51.5 Å². The largest absolute Gasteiger partial charge is 0.383 e. The van der Waals surface area contributed by atoms with E-state index in [0.29, 0.717) is 24.6 Å². The van der Waals surface area contributed by atoms with Crippen molar-refractivity contribution in [1.29, 1.82) is 0 Å². The van der Waals surface area contributed by atoms with Gasteiger partial charge in [0.05, 0.1) is 6.61 Å². The van der Waals surface area contributed by atoms with Crippen LogP contribution < -0.4 is 10.6 Å². The maximum atomic E-state index is 11.9. The second-order valence-electron chi connectivity index (χ2n) is 7.39. The number of amides is 2. The maximum absolute atomic E-state index is 11.9. The molecule has 1 unspecified atom stereocenters. The lowest BCUT2D eigenvalue weighted by molar-refractivity contribution is -0.0682. The van der Waals surface area contributed by atoms with Crippen molar-refractivity contribution in [3.05, 3.63) is 0 Å². The van der Waals surface area contributed by atoms with Crippen LogP contribution in [0.15, 0.2) is 0 Å². The minimum absolute atomic E-state index is 0.0368. The Balaban J connectivity index is 1.56. The lowest BCUT2D eigenvalue weighted by atomic mass is 9.48. The van der Waals surface area contributed by atoms with Crippen molar-refractivity contribution >= 4 is 6.03 Å². The normalized spacial score (nSPS) is 39.6. The van der Waals surface area contributed by atoms with Gasteiger partial charge in [0.25, 0.3) is 0 Å². The molecule has 1 atom stereocenters. The molecule has 0 aromatic heterocycles. The third-order valence-electron chi connectivity index (χ3n) is 5.94. The van der Waals surface area contributed by atoms with E-state index in [1.54, 1.807) is 7.11 Å². The third kappa shape index (κ3) is 2.67. The van der Waals surface area contributed by atoms with E-state index in [0.717, 1.165) is 17.8 Å². The molecule has 20 heavy (non-hydrogen) atoms. The summed E-state index contributed by atoms with van der Waals surface area (Å²) in [6, 6.07) is 0.253. The molecular weight excluding hydrogens is 252 g/mol. The highest BCUT2D eigenvalue weighted by Gasteiger charge is 2.53. The van der Waals surface area contributed by atoms with Crippen molar-refractivity contribution in [3.63, 3.8) is 0 Å². The molecule has 4 aliphatic rings. The van der Waals surface area contributed by atoms with Gasteiger partial charge in [0.15, 0.2) is 0 Å². The molecule has 0 aliphatic heterocycles. The van der Waals surface area contributed by atoms with E-state index in [1.165, 1.54) is 38.5 Å². The Kier molecular flexibility index (Phi) is 3.93. The molecule has 0 heterocycles. The molecule has 0 radical (unpaired) electrons. The minimum atomic E-state index is -0.0368. The van der Waals surface area contributed by atoms with Crippen LogP contribution in [0, 0.1) is 23.2 Å². The van der Waals surface area contributed by atoms with Crippen LogP contribution in [0.1, 0.15) is 45.4 Å². The molecule has 114 valence electrons. The van der Waals surface area contributed by atoms with Gasteiger partial charge < -0.3 is 15.4 Å². The lowest BCUT2D eigenvalue weighted by Gasteiger charge is -2.59. The molecule has 2 N–H and O–H groups in total. The Morgan fingerprint density at radius 1 is 1.20 bits per heavy atom. The second kappa shape index (κ2) is 5.55. The third-order valence-corrected chi connectivity index (χ3v) is 5.94. The Morgan fingerprint density at radius 3 is 2.25 bits per heavy atom. The molecule has 4 aliphatic carbocycles. The molecule has 4 rings (SSSR count). The molecule has 4 bridgehead atoms. The zero-order valence-corrected chi connectivity index (χ0v) is 12.8. The van der Waals surface area contributed by atoms with Crippen molar-refractivity contribution in [2.75, 3.05) is 20.3 Å². The van der Waals surface area contributed by atoms with Crippen LogP contribution in [-0.2, 0) is 4.74 Å². The van der Waals surface area contributed by atoms with Crippen LogP contribution in [0.25, 0.3) is 0 Å². The van der Waals surface area contributed by atoms with E-state index in [4.69, 9.17) is 4.74 Å². The summed E-state index contributed by atoms with van der Waals surface area (Å²) in [4.78, 5) is 11.9. The van der Waals surface area contributed by atoms with Crippen molar-refractivity contribution in [1.82, 2.24) is 10.6 Å². The number of hydrogen-bond acceptors (Lipinski definition) is 2. The van der Waals surface area contributed by atoms with E-state index in [-0.39, 0.29) is 6.03 Å². The highest BCUT2D eigenvalue weighted by atomic mass is 16.5. The number of urea groups is 1. The number of rotatable bonds is 5. The van der Waals surface area contributed by atoms with Gasteiger partial charge in [-0.15, -0.1) is 0 Å². The molecule has 4 saturated carbocycles. The molecular formula is C16H28N2O2. The number of carbonyl (C=O) groups excluding carboxylic acids is 1. The van der Waals surface area contributed by atoms with Gasteiger partial charge in [0, 0.05) is 19.7 Å². The van der Waals surface area contributed by atoms with Gasteiger partial charge in [0.2, 0.25) is 0 Å². The fourth-order valence-electron chi connectivity index (χ4n) is 5.38. The Morgan fingerprint density at radius 2 is 1.75 bits per heavy atom. The van der Waals surface area contributed by atoms with Gasteiger partial charge in [-0.05, 0) is 68.6 Å². The average molecular weight is 280 g/mol. The summed E-state index contributed by atoms with van der Waals surface area (Å²) in [5.41, 5.74) is 0.382. The summed E-state index contributed by atoms with van der Waals surface area (Å²) in [6.45, 7) is 3.36. The molecule has 4 nitrogen and oxygen atoms in total. The first kappa shape index (κ1) is 14.2. The summed E-state index contributed by atoms with van der Waals surface area (Å²) >= 11 is 0. The fourth-order valence-corrected chi connectivity index (χ4v) is 5.38. The Labute approximate surface area is 122 Å². The van der Waals surface area contributed by atoms with E-state index >= 15 is 0 Å². The van der Waals surface area contributed by atoms with Crippen molar-refractivity contribution in [2.24, 2.45) is 23.2 Å². The van der Waals surface area contributed by atoms with Crippen LogP contribution >= 0.6 is 0 Å². The number of ether oxygens (including phenoxy) is 1. The van der Waals surface area contributed by atoms with Gasteiger partial charge in [-0.1, -0.05) is 0 Å². The molecule has 2 amide bonds. The Hall–Kier alpha value is -0.770. The van der Waals surface area contributed by atoms with Crippen molar-refractivity contribution in [3.8, 4) is 0 Å². The van der Waals surface area contributed by atoms with Crippen LogP contribution in [0.4, 0.5) is 4.79 Å². The molecule has 0 saturated heterocycles. The summed E-state index contributed by atoms with van der Waals surface area (Å²) in [6.07, 6.45) is 8.35. The topological polar surface area (TPSA) is 50.4 Å². The first-order chi connectivity index (χ1) is 9.61. The smallest absolute Gasteiger partial charge is 0.315 e. The Bertz CT molecular complexity index is 334. The second-order valence-corrected chi connectivity index (χ2v) is 7.39. The fraction of sp³-hybridized carbons (Fsp3) is 0.938. The van der Waals surface area contributed by atoms with Gasteiger partial charge in [-0.3, -0.25) is 0 Å². The van der Waals surface area contributed by atoms with E-state index < -0.39 is 0 Å². The summed E-state index contributed by atoms with van der Waals surface area (Å²) in [5, 5.41) is 6.06. The highest BCUT2D eigenvalue weighted by Crippen LogP contribution is 2.61. The van der Waals surface area contributed by atoms with Gasteiger partial charge in [-0.25, -0.2) is 4.79 Å². The van der Waals surface area contributed by atoms with Crippen LogP contribution in [0.3, 0.4) is 0 Å². The molecule has 0 spiro atoms. The summed E-state index contributed by atoms with van der Waals surface area (Å²) in [5.74, 6) is 2.80. The first-order valence-electron chi connectivity index (χ1n) is 8.14. The van der Waals surface area contributed by atoms with E-state index in [1.807, 2.05) is 0 Å². The van der Waals surface area contributed by atoms with Crippen LogP contribution in [0.5, 0.6) is 0 Å². The standard InChI is InChI=1S/C16H28N2O2/c1-11(18-15(19)17-3-4-20-2)16-8-12-5-13(9-16)7-14(6-12)10-16/h11-14H,3-10H2,1-2H3,(H2,17,18,19). The van der Waals surface area contributed by atoms with E-state index in [9.17, 15) is 4.79 Å². The number of carbonyl (C=O) groups is 1. The number of methoxy groups -OCH3 is 1. The average Bonchev–Trinajstić information content (AvgIpc) is 2.37. The first-order valence-corrected chi connectivity index (χ1v) is 8.14. The SMILES string of the molecule is COCCNC(=O)NC(C)C12CC3CC(CC(C3)C1)C2. The van der Waals surface area contributed by atoms with Crippen LogP contribution in [0.2, 0.25) is 0 Å². The predicted molar refractivity (Wildman–Crippen MR) is 78.5 cm³/mol. The molecule has 0 aromatic carbocycles. The zero-order chi connectivity index (χ0) is 14.2. The predicted octanol–water partition coefficient (Wildman–Crippen LogP) is 2.54. The number of hydrogen-bond donors (Lipinski definition) is 2. The van der Waals surface area contributed by atoms with Crippen molar-refractivity contribution < 1.29 is 9.53 Å². The van der Waals surface area contributed by atoms with Gasteiger partial charge in [-0.2, -0.15) is 0 Å². The highest BCUT2D eigenvalue weighted by molar-refractivity contribution is 5.74. The number of nitrogens with one attached hydrogen (secondary N) is 2. The zero-order valence-electron chi connectivity index (χ0n) is 12.8. The minimum Gasteiger partial charge on any atom is -0.383 e. The lowest BCUT2D eigenvalue weighted by Crippen LogP contribution is -2.57. The molecule has 0 aromatic rings. The summed E-state index contributed by atoms with van der Waals surface area (Å²) < 4.78 is 4.96. The molecule has 4 heteroatoms.